The van der Waals surface area contributed by atoms with Crippen LogP contribution >= 0.6 is 0 Å². The molecule has 4 rings (SSSR count). The van der Waals surface area contributed by atoms with E-state index in [2.05, 4.69) is 29.6 Å². The van der Waals surface area contributed by atoms with E-state index >= 15 is 0 Å². The third-order valence-electron chi connectivity index (χ3n) is 5.85. The molecule has 2 aromatic rings. The highest BCUT2D eigenvalue weighted by atomic mass is 17.2. The van der Waals surface area contributed by atoms with E-state index in [-0.39, 0.29) is 24.5 Å². The minimum atomic E-state index is -0.496. The smallest absolute Gasteiger partial charge is 0.352 e. The van der Waals surface area contributed by atoms with E-state index in [0.29, 0.717) is 19.5 Å². The lowest BCUT2D eigenvalue weighted by Gasteiger charge is -2.32. The third kappa shape index (κ3) is 4.33. The zero-order valence-electron chi connectivity index (χ0n) is 17.3. The molecule has 158 valence electrons. The van der Waals surface area contributed by atoms with Crippen molar-refractivity contribution in [2.24, 2.45) is 0 Å². The van der Waals surface area contributed by atoms with Crippen LogP contribution in [0.15, 0.2) is 48.5 Å². The number of nitrogens with zero attached hydrogens (tertiary/aromatic N) is 1. The second-order valence-electron chi connectivity index (χ2n) is 7.96. The molecule has 1 saturated heterocycles. The Labute approximate surface area is 177 Å². The highest BCUT2D eigenvalue weighted by molar-refractivity contribution is 5.79. The Balaban J connectivity index is 1.32. The van der Waals surface area contributed by atoms with Crippen LogP contribution in [0.1, 0.15) is 49.7 Å². The molecule has 2 aliphatic rings. The van der Waals surface area contributed by atoms with Crippen LogP contribution in [0.25, 0.3) is 11.1 Å². The van der Waals surface area contributed by atoms with Crippen molar-refractivity contribution in [2.75, 3.05) is 19.7 Å². The Morgan fingerprint density at radius 2 is 1.73 bits per heavy atom. The molecule has 30 heavy (non-hydrogen) atoms. The fourth-order valence-electron chi connectivity index (χ4n) is 4.43. The van der Waals surface area contributed by atoms with Gasteiger partial charge in [0.15, 0.2) is 0 Å². The molecule has 2 amide bonds. The Hall–Kier alpha value is -2.86. The summed E-state index contributed by atoms with van der Waals surface area (Å²) in [6.07, 6.45) is 2.52. The number of carbonyl (C=O) groups excluding carboxylic acids is 2. The van der Waals surface area contributed by atoms with E-state index in [4.69, 9.17) is 9.78 Å². The topological polar surface area (TPSA) is 67.9 Å². The fourth-order valence-corrected chi connectivity index (χ4v) is 4.43. The van der Waals surface area contributed by atoms with Crippen LogP contribution in [0.5, 0.6) is 0 Å². The maximum absolute atomic E-state index is 12.5. The van der Waals surface area contributed by atoms with Crippen molar-refractivity contribution in [1.29, 1.82) is 0 Å². The lowest BCUT2D eigenvalue weighted by Crippen LogP contribution is -2.49. The van der Waals surface area contributed by atoms with E-state index < -0.39 is 6.09 Å². The van der Waals surface area contributed by atoms with Crippen molar-refractivity contribution < 1.29 is 19.4 Å². The Morgan fingerprint density at radius 1 is 1.07 bits per heavy atom. The first kappa shape index (κ1) is 20.4. The highest BCUT2D eigenvalue weighted by Crippen LogP contribution is 2.44. The van der Waals surface area contributed by atoms with E-state index in [1.807, 2.05) is 31.2 Å². The number of benzene rings is 2. The minimum Gasteiger partial charge on any atom is -0.352 e. The molecule has 1 heterocycles. The fraction of sp³-hybridized carbons (Fsp3) is 0.417. The number of hydrogen-bond acceptors (Lipinski definition) is 4. The highest BCUT2D eigenvalue weighted by Gasteiger charge is 2.30. The summed E-state index contributed by atoms with van der Waals surface area (Å²) < 4.78 is 0. The molecule has 1 atom stereocenters. The van der Waals surface area contributed by atoms with Gasteiger partial charge < -0.3 is 10.2 Å². The normalized spacial score (nSPS) is 17.9. The zero-order chi connectivity index (χ0) is 20.9. The van der Waals surface area contributed by atoms with Gasteiger partial charge in [0.05, 0.1) is 0 Å². The van der Waals surface area contributed by atoms with E-state index in [9.17, 15) is 9.59 Å². The average molecular weight is 408 g/mol. The van der Waals surface area contributed by atoms with Crippen LogP contribution < -0.4 is 5.32 Å². The summed E-state index contributed by atoms with van der Waals surface area (Å²) in [6, 6.07) is 16.5. The number of likely N-dealkylation sites (tertiary alicyclic amines) is 1. The predicted octanol–water partition coefficient (Wildman–Crippen LogP) is 4.25. The van der Waals surface area contributed by atoms with E-state index in [1.54, 1.807) is 4.90 Å². The summed E-state index contributed by atoms with van der Waals surface area (Å²) in [4.78, 5) is 36.5. The lowest BCUT2D eigenvalue weighted by molar-refractivity contribution is -0.247. The largest absolute Gasteiger partial charge is 0.441 e. The van der Waals surface area contributed by atoms with Crippen molar-refractivity contribution in [3.63, 3.8) is 0 Å². The molecule has 1 aliphatic carbocycles. The van der Waals surface area contributed by atoms with Gasteiger partial charge >= 0.3 is 6.09 Å². The van der Waals surface area contributed by atoms with Gasteiger partial charge in [-0.25, -0.2) is 4.79 Å². The molecule has 6 nitrogen and oxygen atoms in total. The van der Waals surface area contributed by atoms with Gasteiger partial charge in [0.25, 0.3) is 0 Å². The number of rotatable bonds is 6. The molecule has 2 aromatic carbocycles. The van der Waals surface area contributed by atoms with E-state index in [1.165, 1.54) is 22.3 Å². The van der Waals surface area contributed by atoms with Crippen molar-refractivity contribution in [1.82, 2.24) is 10.2 Å². The van der Waals surface area contributed by atoms with Crippen LogP contribution in [0, 0.1) is 0 Å². The van der Waals surface area contributed by atoms with Gasteiger partial charge in [0.2, 0.25) is 5.91 Å². The van der Waals surface area contributed by atoms with Crippen LogP contribution in [-0.2, 0) is 14.6 Å². The monoisotopic (exact) mass is 408 g/mol. The summed E-state index contributed by atoms with van der Waals surface area (Å²) in [6.45, 7) is 3.30. The second-order valence-corrected chi connectivity index (χ2v) is 7.96. The van der Waals surface area contributed by atoms with Gasteiger partial charge in [0, 0.05) is 31.5 Å². The van der Waals surface area contributed by atoms with Crippen LogP contribution in [-0.4, -0.2) is 42.6 Å². The molecule has 1 aliphatic heterocycles. The molecule has 0 radical (unpaired) electrons. The number of nitrogens with one attached hydrogen (secondary N) is 1. The van der Waals surface area contributed by atoms with Gasteiger partial charge in [-0.05, 0) is 41.5 Å². The van der Waals surface area contributed by atoms with Crippen molar-refractivity contribution in [3.05, 3.63) is 59.7 Å². The maximum Gasteiger partial charge on any atom is 0.441 e. The summed E-state index contributed by atoms with van der Waals surface area (Å²) in [7, 11) is 0. The van der Waals surface area contributed by atoms with Gasteiger partial charge in [0.1, 0.15) is 6.61 Å². The Kier molecular flexibility index (Phi) is 6.33. The van der Waals surface area contributed by atoms with Gasteiger partial charge in [-0.15, -0.1) is 0 Å². The summed E-state index contributed by atoms with van der Waals surface area (Å²) >= 11 is 0. The van der Waals surface area contributed by atoms with Gasteiger partial charge in [-0.1, -0.05) is 55.5 Å². The molecule has 0 bridgehead atoms. The second kappa shape index (κ2) is 9.30. The van der Waals surface area contributed by atoms with Crippen LogP contribution in [0.3, 0.4) is 0 Å². The lowest BCUT2D eigenvalue weighted by atomic mass is 9.98. The van der Waals surface area contributed by atoms with E-state index in [0.717, 1.165) is 19.3 Å². The number of amides is 2. The first-order valence-electron chi connectivity index (χ1n) is 10.7. The first-order valence-corrected chi connectivity index (χ1v) is 10.7. The maximum atomic E-state index is 12.5. The molecule has 0 aromatic heterocycles. The quantitative estimate of drug-likeness (QED) is 0.573. The predicted molar refractivity (Wildman–Crippen MR) is 114 cm³/mol. The summed E-state index contributed by atoms with van der Waals surface area (Å²) in [5.74, 6) is 0.0696. The Morgan fingerprint density at radius 3 is 2.40 bits per heavy atom. The number of fused-ring (bicyclic) bond motifs is 3. The summed E-state index contributed by atoms with van der Waals surface area (Å²) in [5.41, 5.74) is 4.78. The molecule has 1 unspecified atom stereocenters. The molecule has 0 saturated carbocycles. The third-order valence-corrected chi connectivity index (χ3v) is 5.85. The zero-order valence-corrected chi connectivity index (χ0v) is 17.3. The van der Waals surface area contributed by atoms with Crippen molar-refractivity contribution >= 4 is 12.0 Å². The van der Waals surface area contributed by atoms with Gasteiger partial charge in [-0.2, -0.15) is 4.89 Å². The minimum absolute atomic E-state index is 0.0288. The van der Waals surface area contributed by atoms with Crippen molar-refractivity contribution in [2.45, 2.75) is 44.6 Å². The molecule has 1 N–H and O–H groups in total. The standard InChI is InChI=1S/C24H28N2O4/c1-2-8-23(27)25-17-9-7-14-26(15-17)24(28)30-29-16-22-20-12-5-3-10-18(20)19-11-4-6-13-21(19)22/h3-6,10-13,17,22H,2,7-9,14-16H2,1H3,(H,25,27). The molecule has 0 spiro atoms. The average Bonchev–Trinajstić information content (AvgIpc) is 3.08. The summed E-state index contributed by atoms with van der Waals surface area (Å²) in [5, 5.41) is 3.00. The SMILES string of the molecule is CCCC(=O)NC1CCCN(C(=O)OOCC2c3ccccc3-c3ccccc32)C1. The van der Waals surface area contributed by atoms with Gasteiger partial charge in [-0.3, -0.25) is 9.68 Å². The number of carbonyl (C=O) groups is 2. The molecular weight excluding hydrogens is 380 g/mol. The number of piperidine rings is 1. The van der Waals surface area contributed by atoms with Crippen molar-refractivity contribution in [3.8, 4) is 11.1 Å². The first-order chi connectivity index (χ1) is 14.7. The van der Waals surface area contributed by atoms with Crippen LogP contribution in [0.2, 0.25) is 0 Å². The molecule has 1 fully saturated rings. The molecule has 6 heteroatoms. The molecular formula is C24H28N2O4. The van der Waals surface area contributed by atoms with Crippen LogP contribution in [0.4, 0.5) is 4.79 Å². The Bertz CT molecular complexity index is 868. The number of hydrogen-bond donors (Lipinski definition) is 1.